The molecule has 2 atom stereocenters. The average molecular weight is 360 g/mol. The monoisotopic (exact) mass is 359 g/mol. The summed E-state index contributed by atoms with van der Waals surface area (Å²) in [5.74, 6) is 0. The average Bonchev–Trinajstić information content (AvgIpc) is 2.92. The highest BCUT2D eigenvalue weighted by molar-refractivity contribution is 9.10. The maximum atomic E-state index is 3.69. The predicted molar refractivity (Wildman–Crippen MR) is 95.9 cm³/mol. The quantitative estimate of drug-likeness (QED) is 0.595. The molecule has 0 fully saturated rings. The third-order valence-corrected chi connectivity index (χ3v) is 5.57. The van der Waals surface area contributed by atoms with Crippen molar-refractivity contribution in [2.24, 2.45) is 0 Å². The van der Waals surface area contributed by atoms with Crippen molar-refractivity contribution in [3.63, 3.8) is 0 Å². The second-order valence-electron chi connectivity index (χ2n) is 5.35. The molecule has 0 saturated heterocycles. The van der Waals surface area contributed by atoms with Crippen molar-refractivity contribution >= 4 is 37.4 Å². The lowest BCUT2D eigenvalue weighted by molar-refractivity contribution is 0.500. The second kappa shape index (κ2) is 6.30. The second-order valence-corrected chi connectivity index (χ2v) is 7.38. The van der Waals surface area contributed by atoms with E-state index in [1.165, 1.54) is 20.5 Å². The minimum atomic E-state index is 0.332. The number of nitrogens with one attached hydrogen (secondary N) is 1. The van der Waals surface area contributed by atoms with Gasteiger partial charge < -0.3 is 5.32 Å². The summed E-state index contributed by atoms with van der Waals surface area (Å²) < 4.78 is 2.48. The van der Waals surface area contributed by atoms with Crippen molar-refractivity contribution in [2.45, 2.75) is 25.9 Å². The molecule has 0 radical (unpaired) electrons. The molecule has 1 N–H and O–H groups in total. The smallest absolute Gasteiger partial charge is 0.0391 e. The SMILES string of the molecule is CC(N[C@H](C)c1ccc(Br)cc1)c1cc2ccccc2s1. The topological polar surface area (TPSA) is 12.0 Å². The Morgan fingerprint density at radius 3 is 2.38 bits per heavy atom. The molecule has 1 nitrogen and oxygen atoms in total. The Morgan fingerprint density at radius 2 is 1.67 bits per heavy atom. The first kappa shape index (κ1) is 14.8. The zero-order chi connectivity index (χ0) is 14.8. The maximum absolute atomic E-state index is 3.69. The summed E-state index contributed by atoms with van der Waals surface area (Å²) in [5, 5.41) is 5.02. The molecule has 2 aromatic carbocycles. The first-order chi connectivity index (χ1) is 10.1. The molecule has 0 amide bonds. The molecule has 3 heteroatoms. The molecule has 3 aromatic rings. The normalized spacial score (nSPS) is 14.2. The Hall–Kier alpha value is -1.16. The molecule has 0 saturated carbocycles. The fourth-order valence-electron chi connectivity index (χ4n) is 2.52. The highest BCUT2D eigenvalue weighted by atomic mass is 79.9. The molecule has 108 valence electrons. The zero-order valence-corrected chi connectivity index (χ0v) is 14.5. The number of halogens is 1. The molecule has 0 aliphatic rings. The van der Waals surface area contributed by atoms with Crippen LogP contribution in [-0.2, 0) is 0 Å². The summed E-state index contributed by atoms with van der Waals surface area (Å²) in [6.07, 6.45) is 0. The molecule has 3 rings (SSSR count). The Balaban J connectivity index is 1.75. The van der Waals surface area contributed by atoms with Crippen molar-refractivity contribution < 1.29 is 0 Å². The van der Waals surface area contributed by atoms with Crippen molar-refractivity contribution in [3.8, 4) is 0 Å². The van der Waals surface area contributed by atoms with Gasteiger partial charge in [-0.3, -0.25) is 0 Å². The van der Waals surface area contributed by atoms with Crippen LogP contribution in [0.2, 0.25) is 0 Å². The van der Waals surface area contributed by atoms with E-state index in [2.05, 4.69) is 89.7 Å². The van der Waals surface area contributed by atoms with E-state index in [1.54, 1.807) is 0 Å². The Bertz CT molecular complexity index is 699. The van der Waals surface area contributed by atoms with Crippen LogP contribution in [0.1, 0.15) is 36.4 Å². The number of fused-ring (bicyclic) bond motifs is 1. The maximum Gasteiger partial charge on any atom is 0.0391 e. The highest BCUT2D eigenvalue weighted by Gasteiger charge is 2.13. The molecule has 1 aromatic heterocycles. The summed E-state index contributed by atoms with van der Waals surface area (Å²) in [7, 11) is 0. The van der Waals surface area contributed by atoms with Gasteiger partial charge in [0.25, 0.3) is 0 Å². The number of rotatable bonds is 4. The standard InChI is InChI=1S/C18H18BrNS/c1-12(14-7-9-16(19)10-8-14)20-13(2)18-11-15-5-3-4-6-17(15)21-18/h3-13,20H,1-2H3/t12-,13?/m1/s1. The van der Waals surface area contributed by atoms with Crippen molar-refractivity contribution in [3.05, 3.63) is 69.5 Å². The molecule has 0 aliphatic carbocycles. The molecular formula is C18H18BrNS. The molecule has 1 heterocycles. The Labute approximate surface area is 138 Å². The van der Waals surface area contributed by atoms with Crippen LogP contribution in [0.15, 0.2) is 59.1 Å². The summed E-state index contributed by atoms with van der Waals surface area (Å²) in [5.41, 5.74) is 1.31. The fourth-order valence-corrected chi connectivity index (χ4v) is 3.86. The minimum Gasteiger partial charge on any atom is -0.303 e. The molecule has 0 spiro atoms. The van der Waals surface area contributed by atoms with Gasteiger partial charge in [0.05, 0.1) is 0 Å². The van der Waals surface area contributed by atoms with Crippen LogP contribution in [0.3, 0.4) is 0 Å². The summed E-state index contributed by atoms with van der Waals surface area (Å²) in [6.45, 7) is 4.45. The van der Waals surface area contributed by atoms with E-state index in [0.29, 0.717) is 12.1 Å². The zero-order valence-electron chi connectivity index (χ0n) is 12.1. The van der Waals surface area contributed by atoms with Crippen molar-refractivity contribution in [2.75, 3.05) is 0 Å². The van der Waals surface area contributed by atoms with Gasteiger partial charge in [-0.15, -0.1) is 11.3 Å². The van der Waals surface area contributed by atoms with Crippen LogP contribution in [0, 0.1) is 0 Å². The van der Waals surface area contributed by atoms with Gasteiger partial charge in [0, 0.05) is 26.1 Å². The molecule has 1 unspecified atom stereocenters. The summed E-state index contributed by atoms with van der Waals surface area (Å²) in [6, 6.07) is 20.1. The lowest BCUT2D eigenvalue weighted by Crippen LogP contribution is -2.21. The van der Waals surface area contributed by atoms with E-state index in [0.717, 1.165) is 4.47 Å². The minimum absolute atomic E-state index is 0.332. The Morgan fingerprint density at radius 1 is 0.952 bits per heavy atom. The molecule has 21 heavy (non-hydrogen) atoms. The highest BCUT2D eigenvalue weighted by Crippen LogP contribution is 2.31. The lowest BCUT2D eigenvalue weighted by Gasteiger charge is -2.19. The van der Waals surface area contributed by atoms with Crippen LogP contribution in [0.4, 0.5) is 0 Å². The number of benzene rings is 2. The van der Waals surface area contributed by atoms with Gasteiger partial charge in [0.2, 0.25) is 0 Å². The van der Waals surface area contributed by atoms with E-state index < -0.39 is 0 Å². The largest absolute Gasteiger partial charge is 0.303 e. The van der Waals surface area contributed by atoms with E-state index in [4.69, 9.17) is 0 Å². The van der Waals surface area contributed by atoms with Gasteiger partial charge in [-0.25, -0.2) is 0 Å². The fraction of sp³-hybridized carbons (Fsp3) is 0.222. The van der Waals surface area contributed by atoms with Gasteiger partial charge in [-0.1, -0.05) is 46.3 Å². The van der Waals surface area contributed by atoms with Crippen LogP contribution < -0.4 is 5.32 Å². The Kier molecular flexibility index (Phi) is 4.43. The first-order valence-corrected chi connectivity index (χ1v) is 8.74. The predicted octanol–water partition coefficient (Wildman–Crippen LogP) is 6.08. The number of hydrogen-bond donors (Lipinski definition) is 1. The van der Waals surface area contributed by atoms with E-state index >= 15 is 0 Å². The van der Waals surface area contributed by atoms with Crippen LogP contribution in [-0.4, -0.2) is 0 Å². The van der Waals surface area contributed by atoms with Crippen molar-refractivity contribution in [1.29, 1.82) is 0 Å². The molecule has 0 aliphatic heterocycles. The van der Waals surface area contributed by atoms with Crippen LogP contribution in [0.25, 0.3) is 10.1 Å². The van der Waals surface area contributed by atoms with E-state index in [9.17, 15) is 0 Å². The molecule has 0 bridgehead atoms. The van der Waals surface area contributed by atoms with Crippen LogP contribution >= 0.6 is 27.3 Å². The summed E-state index contributed by atoms with van der Waals surface area (Å²) in [4.78, 5) is 1.39. The number of hydrogen-bond acceptors (Lipinski definition) is 2. The van der Waals surface area contributed by atoms with Gasteiger partial charge >= 0.3 is 0 Å². The first-order valence-electron chi connectivity index (χ1n) is 7.13. The lowest BCUT2D eigenvalue weighted by atomic mass is 10.1. The van der Waals surface area contributed by atoms with Crippen molar-refractivity contribution in [1.82, 2.24) is 5.32 Å². The van der Waals surface area contributed by atoms with Crippen LogP contribution in [0.5, 0.6) is 0 Å². The summed E-state index contributed by atoms with van der Waals surface area (Å²) >= 11 is 5.36. The van der Waals surface area contributed by atoms with Gasteiger partial charge in [0.15, 0.2) is 0 Å². The third-order valence-electron chi connectivity index (χ3n) is 3.74. The van der Waals surface area contributed by atoms with Gasteiger partial charge in [-0.2, -0.15) is 0 Å². The van der Waals surface area contributed by atoms with Gasteiger partial charge in [-0.05, 0) is 49.1 Å². The third kappa shape index (κ3) is 3.37. The molecular weight excluding hydrogens is 342 g/mol. The number of thiophene rings is 1. The van der Waals surface area contributed by atoms with Gasteiger partial charge in [0.1, 0.15) is 0 Å². The van der Waals surface area contributed by atoms with E-state index in [1.807, 2.05) is 11.3 Å². The van der Waals surface area contributed by atoms with E-state index in [-0.39, 0.29) is 0 Å².